The van der Waals surface area contributed by atoms with Crippen molar-refractivity contribution in [1.29, 1.82) is 0 Å². The van der Waals surface area contributed by atoms with E-state index in [1.54, 1.807) is 12.1 Å². The van der Waals surface area contributed by atoms with E-state index in [-0.39, 0.29) is 5.82 Å². The summed E-state index contributed by atoms with van der Waals surface area (Å²) >= 11 is 5.89. The second-order valence-corrected chi connectivity index (χ2v) is 3.93. The number of halogens is 2. The first-order valence-electron chi connectivity index (χ1n) is 5.19. The fraction of sp³-hybridized carbons (Fsp3) is 0.167. The summed E-state index contributed by atoms with van der Waals surface area (Å²) in [5, 5.41) is 3.59. The quantitative estimate of drug-likeness (QED) is 0.908. The average Bonchev–Trinajstić information content (AvgIpc) is 2.34. The van der Waals surface area contributed by atoms with Crippen molar-refractivity contribution in [1.82, 2.24) is 9.97 Å². The molecule has 1 aromatic carbocycles. The molecule has 0 amide bonds. The van der Waals surface area contributed by atoms with Crippen LogP contribution in [0.3, 0.4) is 0 Å². The van der Waals surface area contributed by atoms with Gasteiger partial charge in [0, 0.05) is 6.54 Å². The summed E-state index contributed by atoms with van der Waals surface area (Å²) in [5.74, 6) is 0.393. The molecule has 0 unspecified atom stereocenters. The summed E-state index contributed by atoms with van der Waals surface area (Å²) in [5.41, 5.74) is 1.06. The van der Waals surface area contributed by atoms with Crippen molar-refractivity contribution in [3.8, 4) is 0 Å². The van der Waals surface area contributed by atoms with Crippen LogP contribution in [0.25, 0.3) is 0 Å². The molecule has 0 aliphatic heterocycles. The fourth-order valence-corrected chi connectivity index (χ4v) is 1.59. The van der Waals surface area contributed by atoms with Gasteiger partial charge in [0.05, 0.1) is 6.20 Å². The number of hydrogen-bond acceptors (Lipinski definition) is 3. The van der Waals surface area contributed by atoms with Crippen LogP contribution in [-0.4, -0.2) is 16.5 Å². The zero-order chi connectivity index (χ0) is 12.1. The molecule has 1 N–H and O–H groups in total. The van der Waals surface area contributed by atoms with E-state index in [0.29, 0.717) is 17.4 Å². The van der Waals surface area contributed by atoms with Gasteiger partial charge in [-0.1, -0.05) is 23.7 Å². The molecule has 0 aliphatic carbocycles. The first kappa shape index (κ1) is 11.8. The number of hydrogen-bond donors (Lipinski definition) is 1. The summed E-state index contributed by atoms with van der Waals surface area (Å²) in [6.07, 6.45) is 3.75. The lowest BCUT2D eigenvalue weighted by atomic mass is 10.1. The number of rotatable bonds is 4. The molecule has 0 spiro atoms. The largest absolute Gasteiger partial charge is 0.368 e. The van der Waals surface area contributed by atoms with Crippen LogP contribution in [0, 0.1) is 5.82 Å². The van der Waals surface area contributed by atoms with Crippen LogP contribution in [0.15, 0.2) is 36.8 Å². The Labute approximate surface area is 104 Å². The van der Waals surface area contributed by atoms with E-state index in [0.717, 1.165) is 12.0 Å². The highest BCUT2D eigenvalue weighted by Gasteiger charge is 2.00. The SMILES string of the molecule is Fc1ccc(CCNc2ncncc2Cl)cc1. The third kappa shape index (κ3) is 3.39. The molecule has 0 saturated heterocycles. The van der Waals surface area contributed by atoms with E-state index in [4.69, 9.17) is 11.6 Å². The minimum absolute atomic E-state index is 0.222. The summed E-state index contributed by atoms with van der Waals surface area (Å²) in [4.78, 5) is 7.81. The lowest BCUT2D eigenvalue weighted by molar-refractivity contribution is 0.627. The zero-order valence-corrected chi connectivity index (χ0v) is 9.78. The second-order valence-electron chi connectivity index (χ2n) is 3.52. The van der Waals surface area contributed by atoms with Crippen LogP contribution in [0.2, 0.25) is 5.02 Å². The standard InChI is InChI=1S/C12H11ClFN3/c13-11-7-15-8-17-12(11)16-6-5-9-1-3-10(14)4-2-9/h1-4,7-8H,5-6H2,(H,15,16,17). The first-order valence-corrected chi connectivity index (χ1v) is 5.57. The first-order chi connectivity index (χ1) is 8.25. The number of nitrogens with one attached hydrogen (secondary N) is 1. The molecule has 1 heterocycles. The smallest absolute Gasteiger partial charge is 0.148 e. The fourth-order valence-electron chi connectivity index (χ4n) is 1.42. The molecule has 2 aromatic rings. The molecule has 5 heteroatoms. The van der Waals surface area contributed by atoms with E-state index in [2.05, 4.69) is 15.3 Å². The molecule has 1 aromatic heterocycles. The van der Waals surface area contributed by atoms with Gasteiger partial charge >= 0.3 is 0 Å². The molecule has 0 aliphatic rings. The van der Waals surface area contributed by atoms with Gasteiger partial charge in [0.1, 0.15) is 23.0 Å². The Kier molecular flexibility index (Phi) is 3.88. The van der Waals surface area contributed by atoms with Gasteiger partial charge in [0.15, 0.2) is 0 Å². The van der Waals surface area contributed by atoms with Crippen molar-refractivity contribution >= 4 is 17.4 Å². The highest BCUT2D eigenvalue weighted by Crippen LogP contribution is 2.15. The summed E-state index contributed by atoms with van der Waals surface area (Å²) < 4.78 is 12.7. The normalized spacial score (nSPS) is 10.2. The maximum absolute atomic E-state index is 12.7. The molecule has 17 heavy (non-hydrogen) atoms. The van der Waals surface area contributed by atoms with Gasteiger partial charge in [-0.05, 0) is 24.1 Å². The van der Waals surface area contributed by atoms with Crippen molar-refractivity contribution in [3.63, 3.8) is 0 Å². The molecule has 2 rings (SSSR count). The third-order valence-electron chi connectivity index (χ3n) is 2.29. The van der Waals surface area contributed by atoms with Crippen molar-refractivity contribution in [2.75, 3.05) is 11.9 Å². The highest BCUT2D eigenvalue weighted by atomic mass is 35.5. The van der Waals surface area contributed by atoms with Crippen LogP contribution in [0.4, 0.5) is 10.2 Å². The van der Waals surface area contributed by atoms with Gasteiger partial charge in [0.2, 0.25) is 0 Å². The van der Waals surface area contributed by atoms with Crippen molar-refractivity contribution < 1.29 is 4.39 Å². The zero-order valence-electron chi connectivity index (χ0n) is 9.03. The Hall–Kier alpha value is -1.68. The van der Waals surface area contributed by atoms with E-state index in [1.807, 2.05) is 0 Å². The monoisotopic (exact) mass is 251 g/mol. The molecular formula is C12H11ClFN3. The molecular weight excluding hydrogens is 241 g/mol. The molecule has 0 radical (unpaired) electrons. The lowest BCUT2D eigenvalue weighted by Gasteiger charge is -2.06. The predicted molar refractivity (Wildman–Crippen MR) is 65.6 cm³/mol. The second kappa shape index (κ2) is 5.59. The Morgan fingerprint density at radius 1 is 1.24 bits per heavy atom. The minimum Gasteiger partial charge on any atom is -0.368 e. The molecule has 0 fully saturated rings. The van der Waals surface area contributed by atoms with Gasteiger partial charge in [-0.15, -0.1) is 0 Å². The topological polar surface area (TPSA) is 37.8 Å². The van der Waals surface area contributed by atoms with E-state index < -0.39 is 0 Å². The molecule has 0 bridgehead atoms. The van der Waals surface area contributed by atoms with Crippen LogP contribution in [0.5, 0.6) is 0 Å². The van der Waals surface area contributed by atoms with Crippen LogP contribution >= 0.6 is 11.6 Å². The Bertz CT molecular complexity index is 487. The van der Waals surface area contributed by atoms with Crippen LogP contribution < -0.4 is 5.32 Å². The maximum Gasteiger partial charge on any atom is 0.148 e. The summed E-state index contributed by atoms with van der Waals surface area (Å²) in [6, 6.07) is 6.43. The average molecular weight is 252 g/mol. The number of aromatic nitrogens is 2. The molecule has 0 saturated carbocycles. The van der Waals surface area contributed by atoms with Crippen LogP contribution in [0.1, 0.15) is 5.56 Å². The number of anilines is 1. The molecule has 0 atom stereocenters. The van der Waals surface area contributed by atoms with Gasteiger partial charge in [-0.3, -0.25) is 0 Å². The Morgan fingerprint density at radius 2 is 2.00 bits per heavy atom. The van der Waals surface area contributed by atoms with Gasteiger partial charge in [-0.25, -0.2) is 14.4 Å². The van der Waals surface area contributed by atoms with Crippen molar-refractivity contribution in [2.45, 2.75) is 6.42 Å². The number of nitrogens with zero attached hydrogens (tertiary/aromatic N) is 2. The summed E-state index contributed by atoms with van der Waals surface area (Å²) in [6.45, 7) is 0.683. The highest BCUT2D eigenvalue weighted by molar-refractivity contribution is 6.32. The predicted octanol–water partition coefficient (Wildman–Crippen LogP) is 2.92. The van der Waals surface area contributed by atoms with Crippen LogP contribution in [-0.2, 0) is 6.42 Å². The van der Waals surface area contributed by atoms with E-state index >= 15 is 0 Å². The Morgan fingerprint density at radius 3 is 2.71 bits per heavy atom. The van der Waals surface area contributed by atoms with E-state index in [9.17, 15) is 4.39 Å². The minimum atomic E-state index is -0.222. The van der Waals surface area contributed by atoms with Gasteiger partial charge in [0.25, 0.3) is 0 Å². The van der Waals surface area contributed by atoms with E-state index in [1.165, 1.54) is 24.7 Å². The lowest BCUT2D eigenvalue weighted by Crippen LogP contribution is -2.06. The maximum atomic E-state index is 12.7. The van der Waals surface area contributed by atoms with Crippen molar-refractivity contribution in [2.24, 2.45) is 0 Å². The van der Waals surface area contributed by atoms with Crippen molar-refractivity contribution in [3.05, 3.63) is 53.2 Å². The molecule has 3 nitrogen and oxygen atoms in total. The summed E-state index contributed by atoms with van der Waals surface area (Å²) in [7, 11) is 0. The third-order valence-corrected chi connectivity index (χ3v) is 2.56. The van der Waals surface area contributed by atoms with Gasteiger partial charge in [-0.2, -0.15) is 0 Å². The van der Waals surface area contributed by atoms with Gasteiger partial charge < -0.3 is 5.32 Å². The molecule has 88 valence electrons. The number of benzene rings is 1. The Balaban J connectivity index is 1.88.